The highest BCUT2D eigenvalue weighted by molar-refractivity contribution is 6.04. The Hall–Kier alpha value is -2.41. The van der Waals surface area contributed by atoms with Crippen LogP contribution in [0.2, 0.25) is 0 Å². The van der Waals surface area contributed by atoms with Gasteiger partial charge in [-0.1, -0.05) is 12.1 Å². The van der Waals surface area contributed by atoms with Gasteiger partial charge < -0.3 is 20.7 Å². The lowest BCUT2D eigenvalue weighted by atomic mass is 10.1. The second-order valence-corrected chi connectivity index (χ2v) is 6.87. The average Bonchev–Trinajstić information content (AvgIpc) is 2.71. The molecule has 0 bridgehead atoms. The minimum Gasteiger partial charge on any atom is -0.492 e. The number of likely N-dealkylation sites (N-methyl/N-ethyl adjacent to an activating group) is 1. The largest absolute Gasteiger partial charge is 0.492 e. The number of nitrogens with one attached hydrogen (secondary N) is 1. The van der Waals surface area contributed by atoms with Crippen molar-refractivity contribution in [1.29, 1.82) is 0 Å². The Morgan fingerprint density at radius 2 is 1.70 bits per heavy atom. The SMILES string of the molecule is CN1CCN(CCOc2ccc(NC(=O)c3ccc(CN)cc3)cc2)CC1. The quantitative estimate of drug-likeness (QED) is 0.782. The van der Waals surface area contributed by atoms with E-state index in [1.165, 1.54) is 0 Å². The van der Waals surface area contributed by atoms with Crippen molar-refractivity contribution in [3.8, 4) is 5.75 Å². The molecule has 0 aliphatic carbocycles. The van der Waals surface area contributed by atoms with Crippen LogP contribution in [0.5, 0.6) is 5.75 Å². The fourth-order valence-corrected chi connectivity index (χ4v) is 2.99. The summed E-state index contributed by atoms with van der Waals surface area (Å²) in [6.07, 6.45) is 0. The summed E-state index contributed by atoms with van der Waals surface area (Å²) in [5.41, 5.74) is 7.94. The molecule has 1 aliphatic heterocycles. The molecule has 6 nitrogen and oxygen atoms in total. The summed E-state index contributed by atoms with van der Waals surface area (Å²) < 4.78 is 5.83. The summed E-state index contributed by atoms with van der Waals surface area (Å²) in [5, 5.41) is 2.90. The van der Waals surface area contributed by atoms with E-state index in [-0.39, 0.29) is 5.91 Å². The molecule has 144 valence electrons. The maximum absolute atomic E-state index is 12.3. The molecule has 2 aromatic carbocycles. The first kappa shape index (κ1) is 19.4. The number of amides is 1. The molecule has 3 N–H and O–H groups in total. The number of hydrogen-bond donors (Lipinski definition) is 2. The second-order valence-electron chi connectivity index (χ2n) is 6.87. The molecule has 1 amide bonds. The average molecular weight is 368 g/mol. The molecular formula is C21H28N4O2. The van der Waals surface area contributed by atoms with Crippen LogP contribution in [0.15, 0.2) is 48.5 Å². The molecule has 1 saturated heterocycles. The first-order valence-electron chi connectivity index (χ1n) is 9.38. The van der Waals surface area contributed by atoms with E-state index < -0.39 is 0 Å². The fraction of sp³-hybridized carbons (Fsp3) is 0.381. The van der Waals surface area contributed by atoms with Gasteiger partial charge >= 0.3 is 0 Å². The molecule has 0 radical (unpaired) electrons. The number of anilines is 1. The molecule has 3 rings (SSSR count). The lowest BCUT2D eigenvalue weighted by molar-refractivity contribution is 0.102. The smallest absolute Gasteiger partial charge is 0.255 e. The summed E-state index contributed by atoms with van der Waals surface area (Å²) in [6, 6.07) is 14.8. The van der Waals surface area contributed by atoms with Gasteiger partial charge in [0, 0.05) is 50.5 Å². The molecule has 0 unspecified atom stereocenters. The van der Waals surface area contributed by atoms with Crippen LogP contribution in [0.25, 0.3) is 0 Å². The van der Waals surface area contributed by atoms with Gasteiger partial charge in [-0.05, 0) is 49.0 Å². The third-order valence-corrected chi connectivity index (χ3v) is 4.84. The topological polar surface area (TPSA) is 70.8 Å². The van der Waals surface area contributed by atoms with E-state index in [9.17, 15) is 4.79 Å². The van der Waals surface area contributed by atoms with Crippen molar-refractivity contribution in [2.45, 2.75) is 6.54 Å². The molecule has 0 saturated carbocycles. The Morgan fingerprint density at radius 1 is 1.04 bits per heavy atom. The molecular weight excluding hydrogens is 340 g/mol. The van der Waals surface area contributed by atoms with Crippen LogP contribution in [-0.4, -0.2) is 62.1 Å². The van der Waals surface area contributed by atoms with Crippen molar-refractivity contribution in [3.63, 3.8) is 0 Å². The second kappa shape index (κ2) is 9.50. The first-order valence-corrected chi connectivity index (χ1v) is 9.38. The van der Waals surface area contributed by atoms with Gasteiger partial charge in [0.25, 0.3) is 5.91 Å². The van der Waals surface area contributed by atoms with Crippen LogP contribution in [0.1, 0.15) is 15.9 Å². The van der Waals surface area contributed by atoms with E-state index >= 15 is 0 Å². The van der Waals surface area contributed by atoms with Gasteiger partial charge in [-0.25, -0.2) is 0 Å². The number of carbonyl (C=O) groups excluding carboxylic acids is 1. The maximum atomic E-state index is 12.3. The predicted molar refractivity (Wildman–Crippen MR) is 108 cm³/mol. The van der Waals surface area contributed by atoms with E-state index in [4.69, 9.17) is 10.5 Å². The number of nitrogens with zero attached hydrogens (tertiary/aromatic N) is 2. The van der Waals surface area contributed by atoms with Gasteiger partial charge in [0.1, 0.15) is 12.4 Å². The minimum absolute atomic E-state index is 0.137. The van der Waals surface area contributed by atoms with Crippen molar-refractivity contribution in [3.05, 3.63) is 59.7 Å². The van der Waals surface area contributed by atoms with Gasteiger partial charge in [0.2, 0.25) is 0 Å². The fourth-order valence-electron chi connectivity index (χ4n) is 2.99. The monoisotopic (exact) mass is 368 g/mol. The highest BCUT2D eigenvalue weighted by atomic mass is 16.5. The first-order chi connectivity index (χ1) is 13.1. The van der Waals surface area contributed by atoms with Crippen LogP contribution in [0.4, 0.5) is 5.69 Å². The third-order valence-electron chi connectivity index (χ3n) is 4.84. The molecule has 0 spiro atoms. The molecule has 1 fully saturated rings. The highest BCUT2D eigenvalue weighted by Crippen LogP contribution is 2.17. The summed E-state index contributed by atoms with van der Waals surface area (Å²) in [6.45, 7) is 6.49. The van der Waals surface area contributed by atoms with E-state index in [1.807, 2.05) is 36.4 Å². The number of carbonyl (C=O) groups is 1. The van der Waals surface area contributed by atoms with Crippen LogP contribution >= 0.6 is 0 Å². The van der Waals surface area contributed by atoms with E-state index in [1.54, 1.807) is 12.1 Å². The van der Waals surface area contributed by atoms with Crippen LogP contribution < -0.4 is 15.8 Å². The Balaban J connectivity index is 1.44. The van der Waals surface area contributed by atoms with E-state index in [0.717, 1.165) is 49.7 Å². The van der Waals surface area contributed by atoms with E-state index in [2.05, 4.69) is 22.2 Å². The zero-order valence-corrected chi connectivity index (χ0v) is 15.9. The molecule has 1 heterocycles. The number of rotatable bonds is 7. The van der Waals surface area contributed by atoms with Crippen molar-refractivity contribution in [2.75, 3.05) is 51.7 Å². The molecule has 2 aromatic rings. The Labute approximate surface area is 160 Å². The number of piperazine rings is 1. The molecule has 0 aromatic heterocycles. The van der Waals surface area contributed by atoms with Crippen molar-refractivity contribution in [2.24, 2.45) is 5.73 Å². The Kier molecular flexibility index (Phi) is 6.81. The standard InChI is InChI=1S/C21H28N4O2/c1-24-10-12-25(13-11-24)14-15-27-20-8-6-19(7-9-20)23-21(26)18-4-2-17(16-22)3-5-18/h2-9H,10-16,22H2,1H3,(H,23,26). The number of ether oxygens (including phenoxy) is 1. The van der Waals surface area contributed by atoms with Crippen LogP contribution in [-0.2, 0) is 6.54 Å². The maximum Gasteiger partial charge on any atom is 0.255 e. The molecule has 1 aliphatic rings. The Morgan fingerprint density at radius 3 is 2.33 bits per heavy atom. The lowest BCUT2D eigenvalue weighted by Gasteiger charge is -2.32. The zero-order valence-electron chi connectivity index (χ0n) is 15.9. The summed E-state index contributed by atoms with van der Waals surface area (Å²) in [7, 11) is 2.16. The number of benzene rings is 2. The number of nitrogens with two attached hydrogens (primary N) is 1. The van der Waals surface area contributed by atoms with Gasteiger partial charge in [0.05, 0.1) is 0 Å². The highest BCUT2D eigenvalue weighted by Gasteiger charge is 2.13. The normalized spacial score (nSPS) is 15.5. The Bertz CT molecular complexity index is 723. The summed E-state index contributed by atoms with van der Waals surface area (Å²) >= 11 is 0. The van der Waals surface area contributed by atoms with Crippen molar-refractivity contribution in [1.82, 2.24) is 9.80 Å². The molecule has 6 heteroatoms. The number of hydrogen-bond acceptors (Lipinski definition) is 5. The minimum atomic E-state index is -0.137. The summed E-state index contributed by atoms with van der Waals surface area (Å²) in [5.74, 6) is 0.678. The lowest BCUT2D eigenvalue weighted by Crippen LogP contribution is -2.45. The van der Waals surface area contributed by atoms with Gasteiger partial charge in [-0.15, -0.1) is 0 Å². The zero-order chi connectivity index (χ0) is 19.1. The molecule has 27 heavy (non-hydrogen) atoms. The molecule has 0 atom stereocenters. The van der Waals surface area contributed by atoms with Gasteiger partial charge in [0.15, 0.2) is 0 Å². The van der Waals surface area contributed by atoms with Gasteiger partial charge in [-0.2, -0.15) is 0 Å². The van der Waals surface area contributed by atoms with Crippen LogP contribution in [0, 0.1) is 0 Å². The van der Waals surface area contributed by atoms with Gasteiger partial charge in [-0.3, -0.25) is 9.69 Å². The predicted octanol–water partition coefficient (Wildman–Crippen LogP) is 2.02. The van der Waals surface area contributed by atoms with Crippen LogP contribution in [0.3, 0.4) is 0 Å². The van der Waals surface area contributed by atoms with Crippen molar-refractivity contribution < 1.29 is 9.53 Å². The van der Waals surface area contributed by atoms with Crippen molar-refractivity contribution >= 4 is 11.6 Å². The summed E-state index contributed by atoms with van der Waals surface area (Å²) in [4.78, 5) is 17.1. The third kappa shape index (κ3) is 5.79. The van der Waals surface area contributed by atoms with E-state index in [0.29, 0.717) is 18.7 Å².